The van der Waals surface area contributed by atoms with E-state index in [9.17, 15) is 4.79 Å². The third-order valence-electron chi connectivity index (χ3n) is 1.26. The number of ether oxygens (including phenoxy) is 1. The summed E-state index contributed by atoms with van der Waals surface area (Å²) in [6, 6.07) is 0. The second kappa shape index (κ2) is 3.69. The topological polar surface area (TPSA) is 66.8 Å². The number of hydrogen-bond donors (Lipinski definition) is 2. The molecule has 0 aliphatic rings. The third-order valence-corrected chi connectivity index (χ3v) is 1.26. The van der Waals surface area contributed by atoms with Gasteiger partial charge in [-0.25, -0.2) is 0 Å². The Morgan fingerprint density at radius 2 is 2.09 bits per heavy atom. The summed E-state index contributed by atoms with van der Waals surface area (Å²) in [5.41, 5.74) is -1.23. The van der Waals surface area contributed by atoms with Gasteiger partial charge in [0, 0.05) is 6.92 Å². The highest BCUT2D eigenvalue weighted by Crippen LogP contribution is 2.07. The van der Waals surface area contributed by atoms with Gasteiger partial charge in [0.15, 0.2) is 0 Å². The quantitative estimate of drug-likeness (QED) is 0.558. The summed E-state index contributed by atoms with van der Waals surface area (Å²) in [6.07, 6.45) is -1.04. The first kappa shape index (κ1) is 10.4. The Kier molecular flexibility index (Phi) is 3.48. The Balaban J connectivity index is 3.70. The summed E-state index contributed by atoms with van der Waals surface area (Å²) in [7, 11) is 0. The molecule has 0 radical (unpaired) electrons. The fourth-order valence-corrected chi connectivity index (χ4v) is 0.400. The zero-order chi connectivity index (χ0) is 9.07. The smallest absolute Gasteiger partial charge is 0.302 e. The lowest BCUT2D eigenvalue weighted by molar-refractivity contribution is -0.149. The van der Waals surface area contributed by atoms with E-state index in [0.717, 1.165) is 0 Å². The fraction of sp³-hybridized carbons (Fsp3) is 0.857. The van der Waals surface area contributed by atoms with Gasteiger partial charge in [-0.05, 0) is 13.8 Å². The number of esters is 1. The molecule has 0 heterocycles. The zero-order valence-electron chi connectivity index (χ0n) is 7.00. The predicted molar refractivity (Wildman–Crippen MR) is 38.9 cm³/mol. The number of hydrogen-bond acceptors (Lipinski definition) is 4. The van der Waals surface area contributed by atoms with Crippen LogP contribution in [0.15, 0.2) is 0 Å². The van der Waals surface area contributed by atoms with Crippen LogP contribution in [0.25, 0.3) is 0 Å². The molecule has 0 aliphatic carbocycles. The Hall–Kier alpha value is -0.610. The molecule has 0 spiro atoms. The van der Waals surface area contributed by atoms with Gasteiger partial charge in [0.05, 0.1) is 5.60 Å². The van der Waals surface area contributed by atoms with E-state index < -0.39 is 17.7 Å². The number of carbonyl (C=O) groups is 1. The van der Waals surface area contributed by atoms with Gasteiger partial charge in [-0.3, -0.25) is 4.79 Å². The van der Waals surface area contributed by atoms with Crippen LogP contribution in [0.4, 0.5) is 0 Å². The van der Waals surface area contributed by atoms with Crippen LogP contribution in [0, 0.1) is 0 Å². The van der Waals surface area contributed by atoms with E-state index in [1.165, 1.54) is 20.8 Å². The average molecular weight is 162 g/mol. The molecule has 0 saturated heterocycles. The molecule has 0 saturated carbocycles. The maximum Gasteiger partial charge on any atom is 0.302 e. The van der Waals surface area contributed by atoms with Crippen LogP contribution >= 0.6 is 0 Å². The largest absolute Gasteiger partial charge is 0.463 e. The lowest BCUT2D eigenvalue weighted by Gasteiger charge is -2.23. The van der Waals surface area contributed by atoms with Crippen molar-refractivity contribution in [1.29, 1.82) is 0 Å². The predicted octanol–water partition coefficient (Wildman–Crippen LogP) is -0.319. The first-order valence-corrected chi connectivity index (χ1v) is 3.38. The Bertz CT molecular complexity index is 136. The molecule has 4 nitrogen and oxygen atoms in total. The number of rotatable bonds is 3. The van der Waals surface area contributed by atoms with Gasteiger partial charge in [-0.2, -0.15) is 0 Å². The molecule has 0 bridgehead atoms. The molecule has 0 rings (SSSR count). The van der Waals surface area contributed by atoms with Crippen molar-refractivity contribution in [2.75, 3.05) is 6.61 Å². The van der Waals surface area contributed by atoms with Gasteiger partial charge in [-0.15, -0.1) is 0 Å². The summed E-state index contributed by atoms with van der Waals surface area (Å²) in [5.74, 6) is -0.465. The van der Waals surface area contributed by atoms with Gasteiger partial charge in [0.25, 0.3) is 0 Å². The summed E-state index contributed by atoms with van der Waals surface area (Å²) < 4.78 is 4.48. The van der Waals surface area contributed by atoms with Crippen molar-refractivity contribution in [3.05, 3.63) is 0 Å². The molecule has 1 atom stereocenters. The molecule has 11 heavy (non-hydrogen) atoms. The Labute approximate surface area is 65.8 Å². The van der Waals surface area contributed by atoms with Crippen molar-refractivity contribution >= 4 is 5.97 Å². The standard InChI is InChI=1S/C7H14O4/c1-5(8)11-4-6(9)7(2,3)10/h6,9-10H,4H2,1-3H3. The molecule has 0 aromatic carbocycles. The van der Waals surface area contributed by atoms with E-state index in [1.807, 2.05) is 0 Å². The van der Waals surface area contributed by atoms with Gasteiger partial charge in [-0.1, -0.05) is 0 Å². The van der Waals surface area contributed by atoms with E-state index in [2.05, 4.69) is 4.74 Å². The fourth-order valence-electron chi connectivity index (χ4n) is 0.400. The monoisotopic (exact) mass is 162 g/mol. The minimum absolute atomic E-state index is 0.168. The molecule has 0 aromatic heterocycles. The Morgan fingerprint density at radius 3 is 2.36 bits per heavy atom. The molecule has 2 N–H and O–H groups in total. The molecule has 0 amide bonds. The molecule has 0 aliphatic heterocycles. The summed E-state index contributed by atoms with van der Waals surface area (Å²) in [6.45, 7) is 3.97. The van der Waals surface area contributed by atoms with E-state index >= 15 is 0 Å². The van der Waals surface area contributed by atoms with Crippen LogP contribution in [0.1, 0.15) is 20.8 Å². The summed E-state index contributed by atoms with van der Waals surface area (Å²) >= 11 is 0. The van der Waals surface area contributed by atoms with Crippen LogP contribution in [0.2, 0.25) is 0 Å². The van der Waals surface area contributed by atoms with Crippen LogP contribution in [0.5, 0.6) is 0 Å². The van der Waals surface area contributed by atoms with Crippen molar-refractivity contribution in [3.63, 3.8) is 0 Å². The van der Waals surface area contributed by atoms with E-state index in [-0.39, 0.29) is 6.61 Å². The van der Waals surface area contributed by atoms with Gasteiger partial charge >= 0.3 is 5.97 Å². The maximum absolute atomic E-state index is 10.3. The lowest BCUT2D eigenvalue weighted by atomic mass is 10.0. The van der Waals surface area contributed by atoms with Crippen LogP contribution < -0.4 is 0 Å². The van der Waals surface area contributed by atoms with E-state index in [4.69, 9.17) is 10.2 Å². The second-order valence-electron chi connectivity index (χ2n) is 2.97. The molecular weight excluding hydrogens is 148 g/mol. The summed E-state index contributed by atoms with van der Waals surface area (Å²) in [5, 5.41) is 18.3. The first-order chi connectivity index (χ1) is 4.84. The maximum atomic E-state index is 10.3. The van der Waals surface area contributed by atoms with E-state index in [0.29, 0.717) is 0 Å². The Morgan fingerprint density at radius 1 is 1.64 bits per heavy atom. The van der Waals surface area contributed by atoms with Gasteiger partial charge in [0.2, 0.25) is 0 Å². The van der Waals surface area contributed by atoms with E-state index in [1.54, 1.807) is 0 Å². The number of aliphatic hydroxyl groups excluding tert-OH is 1. The second-order valence-corrected chi connectivity index (χ2v) is 2.97. The van der Waals surface area contributed by atoms with Crippen LogP contribution in [-0.4, -0.2) is 34.5 Å². The normalized spacial score (nSPS) is 14.3. The van der Waals surface area contributed by atoms with Crippen molar-refractivity contribution < 1.29 is 19.7 Å². The van der Waals surface area contributed by atoms with Crippen LogP contribution in [-0.2, 0) is 9.53 Å². The number of aliphatic hydroxyl groups is 2. The highest BCUT2D eigenvalue weighted by Gasteiger charge is 2.25. The highest BCUT2D eigenvalue weighted by atomic mass is 16.5. The first-order valence-electron chi connectivity index (χ1n) is 3.38. The SMILES string of the molecule is CC(=O)OCC(O)C(C)(C)O. The third kappa shape index (κ3) is 4.75. The van der Waals surface area contributed by atoms with Gasteiger partial charge < -0.3 is 14.9 Å². The van der Waals surface area contributed by atoms with Gasteiger partial charge in [0.1, 0.15) is 12.7 Å². The van der Waals surface area contributed by atoms with Crippen molar-refractivity contribution in [2.45, 2.75) is 32.5 Å². The molecule has 66 valence electrons. The molecule has 1 unspecified atom stereocenters. The highest BCUT2D eigenvalue weighted by molar-refractivity contribution is 5.65. The molecule has 0 fully saturated rings. The molecular formula is C7H14O4. The average Bonchev–Trinajstić information content (AvgIpc) is 1.80. The minimum atomic E-state index is -1.23. The van der Waals surface area contributed by atoms with Crippen LogP contribution in [0.3, 0.4) is 0 Å². The summed E-state index contributed by atoms with van der Waals surface area (Å²) in [4.78, 5) is 10.3. The lowest BCUT2D eigenvalue weighted by Crippen LogP contribution is -2.39. The molecule has 4 heteroatoms. The zero-order valence-corrected chi connectivity index (χ0v) is 7.00. The van der Waals surface area contributed by atoms with Crippen molar-refractivity contribution in [3.8, 4) is 0 Å². The minimum Gasteiger partial charge on any atom is -0.463 e. The molecule has 0 aromatic rings. The van der Waals surface area contributed by atoms with Crippen molar-refractivity contribution in [1.82, 2.24) is 0 Å². The van der Waals surface area contributed by atoms with Crippen molar-refractivity contribution in [2.24, 2.45) is 0 Å². The number of carbonyl (C=O) groups excluding carboxylic acids is 1.